The molecule has 1 saturated heterocycles. The first-order valence-electron chi connectivity index (χ1n) is 8.50. The van der Waals surface area contributed by atoms with Gasteiger partial charge < -0.3 is 9.80 Å². The summed E-state index contributed by atoms with van der Waals surface area (Å²) in [6.07, 6.45) is 1.06. The third-order valence-corrected chi connectivity index (χ3v) is 5.23. The lowest BCUT2D eigenvalue weighted by atomic mass is 10.0. The van der Waals surface area contributed by atoms with E-state index in [4.69, 9.17) is 0 Å². The van der Waals surface area contributed by atoms with E-state index in [1.54, 1.807) is 11.8 Å². The maximum absolute atomic E-state index is 11.4. The average Bonchev–Trinajstić information content (AvgIpc) is 2.93. The molecule has 1 N–H and O–H groups in total. The lowest BCUT2D eigenvalue weighted by Crippen LogP contribution is -3.13. The quantitative estimate of drug-likeness (QED) is 0.762. The number of hydrogen-bond acceptors (Lipinski definition) is 1. The number of nitrogens with one attached hydrogen (secondary N) is 1. The molecule has 4 rings (SSSR count). The van der Waals surface area contributed by atoms with Gasteiger partial charge in [-0.2, -0.15) is 0 Å². The van der Waals surface area contributed by atoms with Crippen LogP contribution in [0.3, 0.4) is 0 Å². The number of benzene rings is 2. The van der Waals surface area contributed by atoms with E-state index in [2.05, 4.69) is 42.5 Å². The van der Waals surface area contributed by atoms with Crippen molar-refractivity contribution in [2.75, 3.05) is 26.2 Å². The molecule has 3 heteroatoms. The lowest BCUT2D eigenvalue weighted by Gasteiger charge is -2.31. The van der Waals surface area contributed by atoms with Crippen LogP contribution in [0, 0.1) is 0 Å². The highest BCUT2D eigenvalue weighted by Crippen LogP contribution is 2.36. The fourth-order valence-electron chi connectivity index (χ4n) is 3.91. The molecule has 0 bridgehead atoms. The van der Waals surface area contributed by atoms with Crippen molar-refractivity contribution >= 4 is 5.91 Å². The van der Waals surface area contributed by atoms with E-state index in [1.165, 1.54) is 27.8 Å². The highest BCUT2D eigenvalue weighted by molar-refractivity contribution is 5.76. The van der Waals surface area contributed by atoms with Gasteiger partial charge >= 0.3 is 0 Å². The van der Waals surface area contributed by atoms with Gasteiger partial charge in [0.15, 0.2) is 0 Å². The molecular weight excluding hydrogens is 284 g/mol. The van der Waals surface area contributed by atoms with Gasteiger partial charge in [-0.05, 0) is 34.7 Å². The van der Waals surface area contributed by atoms with Gasteiger partial charge in [0, 0.05) is 12.5 Å². The first-order valence-corrected chi connectivity index (χ1v) is 8.50. The Balaban J connectivity index is 1.46. The average molecular weight is 307 g/mol. The van der Waals surface area contributed by atoms with Gasteiger partial charge in [-0.15, -0.1) is 0 Å². The summed E-state index contributed by atoms with van der Waals surface area (Å²) in [5, 5.41) is 0. The zero-order valence-electron chi connectivity index (χ0n) is 13.6. The first-order chi connectivity index (χ1) is 11.2. The largest absolute Gasteiger partial charge is 0.332 e. The second-order valence-corrected chi connectivity index (χ2v) is 6.76. The van der Waals surface area contributed by atoms with E-state index >= 15 is 0 Å². The third-order valence-electron chi connectivity index (χ3n) is 5.23. The summed E-state index contributed by atoms with van der Waals surface area (Å²) in [5.74, 6) is 0.208. The molecule has 0 radical (unpaired) electrons. The molecule has 0 atom stereocenters. The van der Waals surface area contributed by atoms with Crippen LogP contribution in [0.1, 0.15) is 23.6 Å². The van der Waals surface area contributed by atoms with Crippen molar-refractivity contribution in [2.24, 2.45) is 0 Å². The summed E-state index contributed by atoms with van der Waals surface area (Å²) in [5.41, 5.74) is 7.13. The Bertz CT molecular complexity index is 745. The summed E-state index contributed by atoms with van der Waals surface area (Å²) in [7, 11) is 0. The molecule has 23 heavy (non-hydrogen) atoms. The van der Waals surface area contributed by atoms with Crippen LogP contribution in [-0.2, 0) is 17.8 Å². The predicted octanol–water partition coefficient (Wildman–Crippen LogP) is 1.50. The number of rotatable bonds is 2. The Hall–Kier alpha value is -2.13. The zero-order valence-corrected chi connectivity index (χ0v) is 13.6. The minimum atomic E-state index is 0.208. The Morgan fingerprint density at radius 2 is 1.78 bits per heavy atom. The van der Waals surface area contributed by atoms with Gasteiger partial charge in [0.25, 0.3) is 0 Å². The topological polar surface area (TPSA) is 24.8 Å². The van der Waals surface area contributed by atoms with Crippen LogP contribution >= 0.6 is 0 Å². The maximum atomic E-state index is 11.4. The smallest absolute Gasteiger partial charge is 0.219 e. The minimum Gasteiger partial charge on any atom is -0.332 e. The first kappa shape index (κ1) is 14.5. The second-order valence-electron chi connectivity index (χ2n) is 6.76. The lowest BCUT2D eigenvalue weighted by molar-refractivity contribution is -0.917. The number of piperazine rings is 1. The molecular formula is C20H23N2O+. The van der Waals surface area contributed by atoms with E-state index in [1.807, 2.05) is 4.90 Å². The molecule has 1 fully saturated rings. The second kappa shape index (κ2) is 5.82. The van der Waals surface area contributed by atoms with Crippen LogP contribution in [0.4, 0.5) is 0 Å². The van der Waals surface area contributed by atoms with Crippen molar-refractivity contribution in [1.29, 1.82) is 0 Å². The summed E-state index contributed by atoms with van der Waals surface area (Å²) < 4.78 is 0. The Morgan fingerprint density at radius 1 is 1.04 bits per heavy atom. The molecule has 1 aliphatic carbocycles. The maximum Gasteiger partial charge on any atom is 0.219 e. The van der Waals surface area contributed by atoms with Gasteiger partial charge in [-0.1, -0.05) is 36.4 Å². The summed E-state index contributed by atoms with van der Waals surface area (Å²) in [6, 6.07) is 15.7. The number of amides is 1. The number of carbonyl (C=O) groups excluding carboxylic acids is 1. The Kier molecular flexibility index (Phi) is 3.66. The van der Waals surface area contributed by atoms with Gasteiger partial charge in [0.05, 0.1) is 26.2 Å². The molecule has 1 aliphatic heterocycles. The molecule has 2 aromatic rings. The van der Waals surface area contributed by atoms with E-state index in [9.17, 15) is 4.79 Å². The third kappa shape index (κ3) is 2.77. The molecule has 0 saturated carbocycles. The number of carbonyl (C=O) groups is 1. The van der Waals surface area contributed by atoms with Gasteiger partial charge in [0.2, 0.25) is 5.91 Å². The summed E-state index contributed by atoms with van der Waals surface area (Å²) in [6.45, 7) is 6.62. The summed E-state index contributed by atoms with van der Waals surface area (Å²) in [4.78, 5) is 15.0. The molecule has 0 spiro atoms. The van der Waals surface area contributed by atoms with Gasteiger partial charge in [0.1, 0.15) is 6.54 Å². The number of hydrogen-bond donors (Lipinski definition) is 1. The molecule has 1 heterocycles. The highest BCUT2D eigenvalue weighted by atomic mass is 16.2. The number of quaternary nitrogens is 1. The van der Waals surface area contributed by atoms with Crippen molar-refractivity contribution in [3.63, 3.8) is 0 Å². The highest BCUT2D eigenvalue weighted by Gasteiger charge is 2.23. The van der Waals surface area contributed by atoms with Crippen LogP contribution in [0.2, 0.25) is 0 Å². The van der Waals surface area contributed by atoms with Crippen LogP contribution in [0.5, 0.6) is 0 Å². The van der Waals surface area contributed by atoms with Crippen molar-refractivity contribution in [3.8, 4) is 11.1 Å². The Morgan fingerprint density at radius 3 is 2.57 bits per heavy atom. The molecule has 0 unspecified atom stereocenters. The molecule has 1 amide bonds. The molecule has 2 aromatic carbocycles. The van der Waals surface area contributed by atoms with Gasteiger partial charge in [-0.3, -0.25) is 4.79 Å². The SMILES string of the molecule is CC(=O)N1CC[NH+](Cc2ccc3c(c2)Cc2ccccc2-3)CC1. The van der Waals surface area contributed by atoms with Crippen molar-refractivity contribution < 1.29 is 9.69 Å². The van der Waals surface area contributed by atoms with E-state index in [0.29, 0.717) is 0 Å². The fourth-order valence-corrected chi connectivity index (χ4v) is 3.91. The molecule has 2 aliphatic rings. The normalized spacial score (nSPS) is 17.0. The van der Waals surface area contributed by atoms with Crippen LogP contribution in [0.25, 0.3) is 11.1 Å². The zero-order chi connectivity index (χ0) is 15.8. The molecule has 3 nitrogen and oxygen atoms in total. The van der Waals surface area contributed by atoms with Crippen molar-refractivity contribution in [1.82, 2.24) is 4.90 Å². The standard InChI is InChI=1S/C20H22N2O/c1-15(23)22-10-8-21(9-11-22)14-16-6-7-20-18(12-16)13-17-4-2-3-5-19(17)20/h2-7,12H,8-11,13-14H2,1H3/p+1. The molecule has 0 aromatic heterocycles. The Labute approximate surface area is 137 Å². The van der Waals surface area contributed by atoms with Crippen LogP contribution in [-0.4, -0.2) is 37.0 Å². The van der Waals surface area contributed by atoms with E-state index in [-0.39, 0.29) is 5.91 Å². The monoisotopic (exact) mass is 307 g/mol. The van der Waals surface area contributed by atoms with E-state index < -0.39 is 0 Å². The van der Waals surface area contributed by atoms with E-state index in [0.717, 1.165) is 39.1 Å². The van der Waals surface area contributed by atoms with Crippen molar-refractivity contribution in [2.45, 2.75) is 19.9 Å². The number of nitrogens with zero attached hydrogens (tertiary/aromatic N) is 1. The molecule has 118 valence electrons. The number of fused-ring (bicyclic) bond motifs is 3. The predicted molar refractivity (Wildman–Crippen MR) is 91.3 cm³/mol. The van der Waals surface area contributed by atoms with Crippen LogP contribution in [0.15, 0.2) is 42.5 Å². The van der Waals surface area contributed by atoms with Crippen LogP contribution < -0.4 is 4.90 Å². The fraction of sp³-hybridized carbons (Fsp3) is 0.350. The minimum absolute atomic E-state index is 0.208. The summed E-state index contributed by atoms with van der Waals surface area (Å²) >= 11 is 0. The van der Waals surface area contributed by atoms with Gasteiger partial charge in [-0.25, -0.2) is 0 Å². The van der Waals surface area contributed by atoms with Crippen molar-refractivity contribution in [3.05, 3.63) is 59.2 Å².